The Morgan fingerprint density at radius 3 is 2.43 bits per heavy atom. The number of nitrogens with zero attached hydrogens (tertiary/aromatic N) is 1. The van der Waals surface area contributed by atoms with Gasteiger partial charge < -0.3 is 9.47 Å². The molecule has 0 aliphatic rings. The maximum atomic E-state index is 12.3. The molecule has 0 unspecified atom stereocenters. The van der Waals surface area contributed by atoms with E-state index in [2.05, 4.69) is 26.5 Å². The zero-order chi connectivity index (χ0) is 21.5. The van der Waals surface area contributed by atoms with Crippen molar-refractivity contribution in [2.45, 2.75) is 6.92 Å². The fourth-order valence-corrected chi connectivity index (χ4v) is 2.96. The lowest BCUT2D eigenvalue weighted by atomic mass is 10.1. The molecule has 0 aliphatic carbocycles. The molecule has 30 heavy (non-hydrogen) atoms. The average Bonchev–Trinajstić information content (AvgIpc) is 2.75. The molecular formula is C23H19BrN2O4. The highest BCUT2D eigenvalue weighted by atomic mass is 79.9. The van der Waals surface area contributed by atoms with Crippen LogP contribution in [-0.4, -0.2) is 25.2 Å². The van der Waals surface area contributed by atoms with Crippen LogP contribution in [-0.2, 0) is 0 Å². The third-order valence-electron chi connectivity index (χ3n) is 4.14. The molecular weight excluding hydrogens is 448 g/mol. The first-order chi connectivity index (χ1) is 14.5. The summed E-state index contributed by atoms with van der Waals surface area (Å²) in [7, 11) is 1.48. The first-order valence-corrected chi connectivity index (χ1v) is 9.81. The maximum absolute atomic E-state index is 12.3. The van der Waals surface area contributed by atoms with E-state index in [1.165, 1.54) is 13.3 Å². The second-order valence-electron chi connectivity index (χ2n) is 6.38. The van der Waals surface area contributed by atoms with Crippen molar-refractivity contribution in [3.8, 4) is 11.5 Å². The molecule has 0 saturated heterocycles. The van der Waals surface area contributed by atoms with Crippen molar-refractivity contribution >= 4 is 34.0 Å². The highest BCUT2D eigenvalue weighted by molar-refractivity contribution is 9.10. The van der Waals surface area contributed by atoms with Gasteiger partial charge in [-0.3, -0.25) is 4.79 Å². The number of carbonyl (C=O) groups excluding carboxylic acids is 2. The van der Waals surface area contributed by atoms with Gasteiger partial charge in [-0.05, 0) is 61.0 Å². The topological polar surface area (TPSA) is 77.0 Å². The van der Waals surface area contributed by atoms with Crippen LogP contribution >= 0.6 is 15.9 Å². The van der Waals surface area contributed by atoms with Crippen LogP contribution in [0.5, 0.6) is 11.5 Å². The summed E-state index contributed by atoms with van der Waals surface area (Å²) in [5.41, 5.74) is 5.12. The molecule has 0 atom stereocenters. The van der Waals surface area contributed by atoms with Gasteiger partial charge in [0.15, 0.2) is 11.5 Å². The molecule has 6 nitrogen and oxygen atoms in total. The van der Waals surface area contributed by atoms with E-state index < -0.39 is 5.97 Å². The second kappa shape index (κ2) is 9.84. The van der Waals surface area contributed by atoms with Gasteiger partial charge in [0.05, 0.1) is 18.9 Å². The Labute approximate surface area is 182 Å². The number of nitrogens with one attached hydrogen (secondary N) is 1. The minimum Gasteiger partial charge on any atom is -0.493 e. The Morgan fingerprint density at radius 1 is 0.967 bits per heavy atom. The SMILES string of the molecule is COc1cc(/C=N\NC(=O)c2cccc(Br)c2)ccc1OC(=O)c1ccc(C)cc1. The van der Waals surface area contributed by atoms with Gasteiger partial charge in [0, 0.05) is 10.0 Å². The van der Waals surface area contributed by atoms with Crippen molar-refractivity contribution < 1.29 is 19.1 Å². The van der Waals surface area contributed by atoms with Gasteiger partial charge in [-0.25, -0.2) is 10.2 Å². The molecule has 152 valence electrons. The molecule has 0 radical (unpaired) electrons. The smallest absolute Gasteiger partial charge is 0.343 e. The number of esters is 1. The Balaban J connectivity index is 1.67. The van der Waals surface area contributed by atoms with E-state index in [1.807, 2.05) is 25.1 Å². The summed E-state index contributed by atoms with van der Waals surface area (Å²) >= 11 is 3.32. The molecule has 0 aliphatic heterocycles. The van der Waals surface area contributed by atoms with Crippen molar-refractivity contribution in [2.75, 3.05) is 7.11 Å². The van der Waals surface area contributed by atoms with E-state index in [-0.39, 0.29) is 5.91 Å². The zero-order valence-electron chi connectivity index (χ0n) is 16.4. The molecule has 3 aromatic carbocycles. The lowest BCUT2D eigenvalue weighted by Crippen LogP contribution is -2.17. The molecule has 1 amide bonds. The summed E-state index contributed by atoms with van der Waals surface area (Å²) in [4.78, 5) is 24.4. The monoisotopic (exact) mass is 466 g/mol. The molecule has 0 fully saturated rings. The van der Waals surface area contributed by atoms with E-state index in [0.29, 0.717) is 28.2 Å². The van der Waals surface area contributed by atoms with Crippen LogP contribution in [0, 0.1) is 6.92 Å². The number of rotatable bonds is 6. The van der Waals surface area contributed by atoms with E-state index in [0.717, 1.165) is 10.0 Å². The number of hydrogen-bond donors (Lipinski definition) is 1. The molecule has 0 bridgehead atoms. The summed E-state index contributed by atoms with van der Waals surface area (Å²) < 4.78 is 11.6. The number of carbonyl (C=O) groups is 2. The van der Waals surface area contributed by atoms with E-state index >= 15 is 0 Å². The van der Waals surface area contributed by atoms with Crippen LogP contribution in [0.1, 0.15) is 31.8 Å². The molecule has 0 spiro atoms. The van der Waals surface area contributed by atoms with Crippen molar-refractivity contribution in [3.05, 3.63) is 93.5 Å². The molecule has 0 aromatic heterocycles. The normalized spacial score (nSPS) is 10.6. The fourth-order valence-electron chi connectivity index (χ4n) is 2.56. The number of benzene rings is 3. The van der Waals surface area contributed by atoms with Crippen LogP contribution in [0.25, 0.3) is 0 Å². The standard InChI is InChI=1S/C23H19BrN2O4/c1-15-6-9-17(10-7-15)23(28)30-20-11-8-16(12-21(20)29-2)14-25-26-22(27)18-4-3-5-19(24)13-18/h3-14H,1-2H3,(H,26,27)/b25-14-. The van der Waals surface area contributed by atoms with Gasteiger partial charge in [0.2, 0.25) is 0 Å². The summed E-state index contributed by atoms with van der Waals surface area (Å²) in [5.74, 6) is -0.143. The van der Waals surface area contributed by atoms with Crippen molar-refractivity contribution in [1.82, 2.24) is 5.43 Å². The zero-order valence-corrected chi connectivity index (χ0v) is 18.0. The molecule has 3 aromatic rings. The summed E-state index contributed by atoms with van der Waals surface area (Å²) in [6.45, 7) is 1.94. The molecule has 3 rings (SSSR count). The number of aryl methyl sites for hydroxylation is 1. The predicted molar refractivity (Wildman–Crippen MR) is 118 cm³/mol. The van der Waals surface area contributed by atoms with Gasteiger partial charge in [-0.2, -0.15) is 5.10 Å². The van der Waals surface area contributed by atoms with E-state index in [4.69, 9.17) is 9.47 Å². The average molecular weight is 467 g/mol. The Kier molecular flexibility index (Phi) is 6.98. The number of ether oxygens (including phenoxy) is 2. The van der Waals surface area contributed by atoms with Crippen LogP contribution in [0.3, 0.4) is 0 Å². The predicted octanol–water partition coefficient (Wildman–Crippen LogP) is 4.75. The van der Waals surface area contributed by atoms with Crippen molar-refractivity contribution in [3.63, 3.8) is 0 Å². The minimum absolute atomic E-state index is 0.290. The number of methoxy groups -OCH3 is 1. The van der Waals surface area contributed by atoms with E-state index in [1.54, 1.807) is 48.5 Å². The highest BCUT2D eigenvalue weighted by Gasteiger charge is 2.13. The Bertz CT molecular complexity index is 1090. The molecule has 0 heterocycles. The van der Waals surface area contributed by atoms with Gasteiger partial charge >= 0.3 is 5.97 Å². The van der Waals surface area contributed by atoms with Crippen molar-refractivity contribution in [1.29, 1.82) is 0 Å². The third-order valence-corrected chi connectivity index (χ3v) is 4.64. The molecule has 1 N–H and O–H groups in total. The minimum atomic E-state index is -0.476. The first kappa shape index (κ1) is 21.3. The number of hydrogen-bond acceptors (Lipinski definition) is 5. The Hall–Kier alpha value is -3.45. The number of amides is 1. The summed E-state index contributed by atoms with van der Waals surface area (Å²) in [6, 6.07) is 19.1. The molecule has 0 saturated carbocycles. The van der Waals surface area contributed by atoms with Gasteiger partial charge in [0.25, 0.3) is 5.91 Å². The fraction of sp³-hybridized carbons (Fsp3) is 0.0870. The third kappa shape index (κ3) is 5.55. The van der Waals surface area contributed by atoms with Crippen LogP contribution in [0.2, 0.25) is 0 Å². The van der Waals surface area contributed by atoms with Gasteiger partial charge in [-0.15, -0.1) is 0 Å². The largest absolute Gasteiger partial charge is 0.493 e. The highest BCUT2D eigenvalue weighted by Crippen LogP contribution is 2.28. The van der Waals surface area contributed by atoms with Gasteiger partial charge in [0.1, 0.15) is 0 Å². The van der Waals surface area contributed by atoms with Crippen molar-refractivity contribution in [2.24, 2.45) is 5.10 Å². The van der Waals surface area contributed by atoms with Crippen LogP contribution in [0.15, 0.2) is 76.3 Å². The number of halogens is 1. The summed E-state index contributed by atoms with van der Waals surface area (Å²) in [6.07, 6.45) is 1.48. The van der Waals surface area contributed by atoms with Crippen LogP contribution < -0.4 is 14.9 Å². The first-order valence-electron chi connectivity index (χ1n) is 9.02. The second-order valence-corrected chi connectivity index (χ2v) is 7.29. The van der Waals surface area contributed by atoms with Gasteiger partial charge in [-0.1, -0.05) is 39.7 Å². The lowest BCUT2D eigenvalue weighted by molar-refractivity contribution is 0.0729. The summed E-state index contributed by atoms with van der Waals surface area (Å²) in [5, 5.41) is 3.97. The number of hydrazone groups is 1. The molecule has 7 heteroatoms. The maximum Gasteiger partial charge on any atom is 0.343 e. The lowest BCUT2D eigenvalue weighted by Gasteiger charge is -2.10. The van der Waals surface area contributed by atoms with Crippen LogP contribution in [0.4, 0.5) is 0 Å². The quantitative estimate of drug-likeness (QED) is 0.246. The van der Waals surface area contributed by atoms with E-state index in [9.17, 15) is 9.59 Å². The Morgan fingerprint density at radius 2 is 1.73 bits per heavy atom.